The predicted octanol–water partition coefficient (Wildman–Crippen LogP) is 4.67. The molecule has 9 heteroatoms. The third kappa shape index (κ3) is 6.97. The lowest BCUT2D eigenvalue weighted by Crippen LogP contribution is -2.43. The standard InChI is InChI=1S/C33H40N2O7/c1-38-27-14-13-22(19-28(27)39-2)18-26-25-21-30(41-4)29(40-3)20-24(25)12-9-17-35(26)32(23-10-7-6-8-11-23)33(37)34-16-15-31(36)42-5/h6-8,10-11,13-14,19-21,26,32H,9,12,15-18H2,1-5H3,(H,34,37). The van der Waals surface area contributed by atoms with Gasteiger partial charge in [-0.25, -0.2) is 0 Å². The van der Waals surface area contributed by atoms with Gasteiger partial charge in [-0.05, 0) is 65.8 Å². The number of fused-ring (bicyclic) bond motifs is 1. The van der Waals surface area contributed by atoms with Crippen LogP contribution in [0.25, 0.3) is 0 Å². The number of benzene rings is 3. The number of carbonyl (C=O) groups excluding carboxylic acids is 2. The van der Waals surface area contributed by atoms with E-state index >= 15 is 0 Å². The van der Waals surface area contributed by atoms with Gasteiger partial charge < -0.3 is 29.0 Å². The number of carbonyl (C=O) groups is 2. The first-order valence-electron chi connectivity index (χ1n) is 14.0. The highest BCUT2D eigenvalue weighted by Crippen LogP contribution is 2.42. The third-order valence-electron chi connectivity index (χ3n) is 7.70. The highest BCUT2D eigenvalue weighted by Gasteiger charge is 2.36. The van der Waals surface area contributed by atoms with E-state index in [4.69, 9.17) is 23.7 Å². The molecule has 0 bridgehead atoms. The highest BCUT2D eigenvalue weighted by molar-refractivity contribution is 5.84. The van der Waals surface area contributed by atoms with Crippen LogP contribution in [0.3, 0.4) is 0 Å². The molecule has 224 valence electrons. The molecule has 0 aliphatic carbocycles. The lowest BCUT2D eigenvalue weighted by Gasteiger charge is -2.37. The largest absolute Gasteiger partial charge is 0.493 e. The van der Waals surface area contributed by atoms with E-state index in [1.807, 2.05) is 60.7 Å². The molecule has 9 nitrogen and oxygen atoms in total. The molecule has 3 aromatic rings. The minimum absolute atomic E-state index is 0.0959. The zero-order valence-electron chi connectivity index (χ0n) is 25.0. The minimum atomic E-state index is -0.604. The molecule has 1 heterocycles. The van der Waals surface area contributed by atoms with E-state index < -0.39 is 6.04 Å². The first-order chi connectivity index (χ1) is 20.4. The lowest BCUT2D eigenvalue weighted by atomic mass is 9.91. The Morgan fingerprint density at radius 2 is 1.52 bits per heavy atom. The second kappa shape index (κ2) is 14.6. The summed E-state index contributed by atoms with van der Waals surface area (Å²) in [6.07, 6.45) is 2.35. The first kappa shape index (κ1) is 30.7. The Morgan fingerprint density at radius 1 is 0.857 bits per heavy atom. The van der Waals surface area contributed by atoms with Crippen LogP contribution in [-0.2, 0) is 27.2 Å². The molecule has 2 atom stereocenters. The average molecular weight is 577 g/mol. The molecule has 42 heavy (non-hydrogen) atoms. The van der Waals surface area contributed by atoms with E-state index in [-0.39, 0.29) is 30.9 Å². The quantitative estimate of drug-likeness (QED) is 0.311. The molecule has 1 aliphatic rings. The van der Waals surface area contributed by atoms with E-state index in [9.17, 15) is 9.59 Å². The summed E-state index contributed by atoms with van der Waals surface area (Å²) in [5.74, 6) is 2.05. The second-order valence-corrected chi connectivity index (χ2v) is 10.1. The van der Waals surface area contributed by atoms with Crippen molar-refractivity contribution in [3.8, 4) is 23.0 Å². The topological polar surface area (TPSA) is 95.6 Å². The van der Waals surface area contributed by atoms with Crippen LogP contribution in [0, 0.1) is 0 Å². The van der Waals surface area contributed by atoms with E-state index in [1.165, 1.54) is 7.11 Å². The van der Waals surface area contributed by atoms with Crippen molar-refractivity contribution in [1.29, 1.82) is 0 Å². The summed E-state index contributed by atoms with van der Waals surface area (Å²) in [6, 6.07) is 18.9. The minimum Gasteiger partial charge on any atom is -0.493 e. The van der Waals surface area contributed by atoms with Gasteiger partial charge in [0.1, 0.15) is 6.04 Å². The van der Waals surface area contributed by atoms with E-state index in [1.54, 1.807) is 28.4 Å². The van der Waals surface area contributed by atoms with E-state index in [0.29, 0.717) is 36.0 Å². The summed E-state index contributed by atoms with van der Waals surface area (Å²) in [7, 11) is 7.84. The van der Waals surface area contributed by atoms with Crippen molar-refractivity contribution in [3.05, 3.63) is 82.9 Å². The van der Waals surface area contributed by atoms with Gasteiger partial charge in [-0.2, -0.15) is 0 Å². The van der Waals surface area contributed by atoms with Crippen LogP contribution in [0.4, 0.5) is 0 Å². The fourth-order valence-corrected chi connectivity index (χ4v) is 5.63. The van der Waals surface area contributed by atoms with Crippen molar-refractivity contribution >= 4 is 11.9 Å². The molecule has 0 spiro atoms. The Balaban J connectivity index is 1.82. The number of methoxy groups -OCH3 is 5. The normalized spacial score (nSPS) is 15.5. The fourth-order valence-electron chi connectivity index (χ4n) is 5.63. The Kier molecular flexibility index (Phi) is 10.7. The number of aryl methyl sites for hydroxylation is 1. The summed E-state index contributed by atoms with van der Waals surface area (Å²) >= 11 is 0. The summed E-state index contributed by atoms with van der Waals surface area (Å²) in [6.45, 7) is 0.853. The third-order valence-corrected chi connectivity index (χ3v) is 7.70. The van der Waals surface area contributed by atoms with Crippen molar-refractivity contribution in [2.24, 2.45) is 0 Å². The molecule has 2 unspecified atom stereocenters. The molecular weight excluding hydrogens is 536 g/mol. The summed E-state index contributed by atoms with van der Waals surface area (Å²) in [4.78, 5) is 28.0. The van der Waals surface area contributed by atoms with Gasteiger partial charge in [-0.15, -0.1) is 0 Å². The first-order valence-corrected chi connectivity index (χ1v) is 14.0. The molecule has 1 aliphatic heterocycles. The number of nitrogens with zero attached hydrogens (tertiary/aromatic N) is 1. The molecule has 1 amide bonds. The van der Waals surface area contributed by atoms with Crippen LogP contribution in [-0.4, -0.2) is 65.4 Å². The molecule has 1 N–H and O–H groups in total. The van der Waals surface area contributed by atoms with Gasteiger partial charge in [0.15, 0.2) is 23.0 Å². The highest BCUT2D eigenvalue weighted by atomic mass is 16.5. The number of hydrogen-bond donors (Lipinski definition) is 1. The van der Waals surface area contributed by atoms with Gasteiger partial charge >= 0.3 is 5.97 Å². The van der Waals surface area contributed by atoms with Crippen molar-refractivity contribution in [2.75, 3.05) is 48.6 Å². The molecule has 0 fully saturated rings. The van der Waals surface area contributed by atoms with E-state index in [0.717, 1.165) is 35.1 Å². The maximum atomic E-state index is 14.0. The Hall–Kier alpha value is -4.24. The molecule has 0 saturated heterocycles. The molecule has 4 rings (SSSR count). The van der Waals surface area contributed by atoms with E-state index in [2.05, 4.69) is 10.2 Å². The van der Waals surface area contributed by atoms with Crippen LogP contribution in [0.1, 0.15) is 47.2 Å². The fraction of sp³-hybridized carbons (Fsp3) is 0.394. The Bertz CT molecular complexity index is 1360. The summed E-state index contributed by atoms with van der Waals surface area (Å²) in [5.41, 5.74) is 4.12. The van der Waals surface area contributed by atoms with Crippen LogP contribution >= 0.6 is 0 Å². The maximum absolute atomic E-state index is 14.0. The zero-order valence-corrected chi connectivity index (χ0v) is 25.0. The molecule has 0 saturated carbocycles. The molecule has 0 radical (unpaired) electrons. The summed E-state index contributed by atoms with van der Waals surface area (Å²) in [5, 5.41) is 2.98. The van der Waals surface area contributed by atoms with Crippen molar-refractivity contribution in [2.45, 2.75) is 37.8 Å². The number of esters is 1. The van der Waals surface area contributed by atoms with Crippen LogP contribution < -0.4 is 24.3 Å². The lowest BCUT2D eigenvalue weighted by molar-refractivity contribution is -0.140. The Morgan fingerprint density at radius 3 is 2.19 bits per heavy atom. The number of amides is 1. The molecule has 0 aromatic heterocycles. The predicted molar refractivity (Wildman–Crippen MR) is 159 cm³/mol. The monoisotopic (exact) mass is 576 g/mol. The van der Waals surface area contributed by atoms with Crippen molar-refractivity contribution in [1.82, 2.24) is 10.2 Å². The number of hydrogen-bond acceptors (Lipinski definition) is 8. The number of nitrogens with one attached hydrogen (secondary N) is 1. The SMILES string of the molecule is COC(=O)CCNC(=O)C(c1ccccc1)N1CCCc2cc(OC)c(OC)cc2C1Cc1ccc(OC)c(OC)c1. The van der Waals surface area contributed by atoms with Crippen molar-refractivity contribution in [3.63, 3.8) is 0 Å². The average Bonchev–Trinajstić information content (AvgIpc) is 3.19. The smallest absolute Gasteiger partial charge is 0.307 e. The van der Waals surface area contributed by atoms with Crippen LogP contribution in [0.5, 0.6) is 23.0 Å². The van der Waals surface area contributed by atoms with Gasteiger partial charge in [0.25, 0.3) is 0 Å². The van der Waals surface area contributed by atoms with Gasteiger partial charge in [-0.3, -0.25) is 14.5 Å². The van der Waals surface area contributed by atoms with Crippen LogP contribution in [0.15, 0.2) is 60.7 Å². The molecule has 3 aromatic carbocycles. The zero-order chi connectivity index (χ0) is 30.1. The number of ether oxygens (including phenoxy) is 5. The van der Waals surface area contributed by atoms with Crippen LogP contribution in [0.2, 0.25) is 0 Å². The maximum Gasteiger partial charge on any atom is 0.307 e. The Labute approximate surface area is 247 Å². The number of rotatable bonds is 12. The van der Waals surface area contributed by atoms with Gasteiger partial charge in [-0.1, -0.05) is 36.4 Å². The van der Waals surface area contributed by atoms with Crippen molar-refractivity contribution < 1.29 is 33.3 Å². The van der Waals surface area contributed by atoms with Gasteiger partial charge in [0, 0.05) is 19.1 Å². The molecular formula is C33H40N2O7. The van der Waals surface area contributed by atoms with Gasteiger partial charge in [0.2, 0.25) is 5.91 Å². The van der Waals surface area contributed by atoms with Gasteiger partial charge in [0.05, 0.1) is 42.0 Å². The summed E-state index contributed by atoms with van der Waals surface area (Å²) < 4.78 is 27.2. The second-order valence-electron chi connectivity index (χ2n) is 10.1.